The van der Waals surface area contributed by atoms with Crippen molar-refractivity contribution in [2.24, 2.45) is 7.05 Å². The summed E-state index contributed by atoms with van der Waals surface area (Å²) in [4.78, 5) is 4.19. The van der Waals surface area contributed by atoms with Crippen molar-refractivity contribution >= 4 is 11.6 Å². The molecule has 5 heteroatoms. The Morgan fingerprint density at radius 3 is 2.87 bits per heavy atom. The Hall–Kier alpha value is -1.26. The predicted octanol–water partition coefficient (Wildman–Crippen LogP) is 1.42. The minimum Gasteiger partial charge on any atom is -0.392 e. The van der Waals surface area contributed by atoms with Gasteiger partial charge in [-0.15, -0.1) is 0 Å². The van der Waals surface area contributed by atoms with E-state index in [1.807, 2.05) is 34.6 Å². The van der Waals surface area contributed by atoms with Crippen molar-refractivity contribution < 1.29 is 5.11 Å². The van der Waals surface area contributed by atoms with Gasteiger partial charge in [0.15, 0.2) is 0 Å². The minimum absolute atomic E-state index is 0.0638. The Morgan fingerprint density at radius 1 is 1.53 bits per heavy atom. The van der Waals surface area contributed by atoms with Gasteiger partial charge in [0.05, 0.1) is 19.3 Å². The van der Waals surface area contributed by atoms with Gasteiger partial charge in [-0.2, -0.15) is 0 Å². The summed E-state index contributed by atoms with van der Waals surface area (Å²) in [6.07, 6.45) is 5.43. The van der Waals surface area contributed by atoms with Gasteiger partial charge in [0.25, 0.3) is 0 Å². The summed E-state index contributed by atoms with van der Waals surface area (Å²) in [6.45, 7) is 0.720. The number of nitrogens with zero attached hydrogens (tertiary/aromatic N) is 3. The zero-order valence-corrected chi connectivity index (χ0v) is 9.15. The van der Waals surface area contributed by atoms with Crippen LogP contribution in [0.4, 0.5) is 0 Å². The fraction of sp³-hybridized carbons (Fsp3) is 0.300. The molecule has 2 aromatic rings. The fourth-order valence-corrected chi connectivity index (χ4v) is 1.56. The van der Waals surface area contributed by atoms with Crippen LogP contribution in [-0.4, -0.2) is 19.2 Å². The molecule has 0 amide bonds. The van der Waals surface area contributed by atoms with Crippen molar-refractivity contribution in [2.75, 3.05) is 0 Å². The van der Waals surface area contributed by atoms with Gasteiger partial charge in [-0.05, 0) is 11.6 Å². The molecule has 0 aliphatic heterocycles. The van der Waals surface area contributed by atoms with Gasteiger partial charge in [0.2, 0.25) is 0 Å². The molecule has 1 N–H and O–H groups in total. The van der Waals surface area contributed by atoms with Crippen LogP contribution in [0.3, 0.4) is 0 Å². The van der Waals surface area contributed by atoms with Crippen molar-refractivity contribution in [3.63, 3.8) is 0 Å². The maximum Gasteiger partial charge on any atom is 0.129 e. The second-order valence-corrected chi connectivity index (χ2v) is 3.79. The predicted molar refractivity (Wildman–Crippen MR) is 57.7 cm³/mol. The number of aliphatic hydroxyl groups is 1. The minimum atomic E-state index is 0.0638. The second-order valence-electron chi connectivity index (χ2n) is 3.41. The Bertz CT molecular complexity index is 461. The summed E-state index contributed by atoms with van der Waals surface area (Å²) >= 11 is 5.88. The smallest absolute Gasteiger partial charge is 0.129 e. The molecule has 0 aromatic carbocycles. The number of halogens is 1. The van der Waals surface area contributed by atoms with E-state index < -0.39 is 0 Å². The van der Waals surface area contributed by atoms with Crippen LogP contribution in [0.1, 0.15) is 11.4 Å². The zero-order chi connectivity index (χ0) is 10.8. The molecule has 2 aromatic heterocycles. The van der Waals surface area contributed by atoms with Crippen molar-refractivity contribution in [1.82, 2.24) is 14.1 Å². The molecule has 80 valence electrons. The topological polar surface area (TPSA) is 43.0 Å². The fourth-order valence-electron chi connectivity index (χ4n) is 1.42. The van der Waals surface area contributed by atoms with Gasteiger partial charge in [0.1, 0.15) is 11.0 Å². The maximum atomic E-state index is 8.92. The lowest BCUT2D eigenvalue weighted by Gasteiger charge is -2.03. The lowest BCUT2D eigenvalue weighted by molar-refractivity contribution is 0.281. The molecule has 0 aliphatic rings. The highest BCUT2D eigenvalue weighted by Gasteiger charge is 2.05. The quantitative estimate of drug-likeness (QED) is 0.859. The largest absolute Gasteiger partial charge is 0.392 e. The summed E-state index contributed by atoms with van der Waals surface area (Å²) in [5.74, 6) is 0.889. The number of hydrogen-bond donors (Lipinski definition) is 1. The lowest BCUT2D eigenvalue weighted by Crippen LogP contribution is -2.04. The SMILES string of the molecule is Cn1c(Cl)cnc1Cn1ccc(CO)c1. The first-order valence-electron chi connectivity index (χ1n) is 4.62. The molecule has 0 aliphatic carbocycles. The van der Waals surface area contributed by atoms with E-state index in [1.165, 1.54) is 0 Å². The average Bonchev–Trinajstić information content (AvgIpc) is 2.80. The van der Waals surface area contributed by atoms with E-state index in [0.717, 1.165) is 11.4 Å². The Kier molecular flexibility index (Phi) is 2.79. The molecular formula is C10H12ClN3O. The Balaban J connectivity index is 2.18. The van der Waals surface area contributed by atoms with E-state index in [0.29, 0.717) is 11.7 Å². The summed E-state index contributed by atoms with van der Waals surface area (Å²) in [7, 11) is 1.88. The first-order chi connectivity index (χ1) is 7.20. The standard InChI is InChI=1S/C10H12ClN3O/c1-13-9(11)4-12-10(13)6-14-3-2-8(5-14)7-15/h2-5,15H,6-7H2,1H3. The first-order valence-corrected chi connectivity index (χ1v) is 5.00. The van der Waals surface area contributed by atoms with Crippen LogP contribution in [-0.2, 0) is 20.2 Å². The Labute approximate surface area is 92.7 Å². The summed E-state index contributed by atoms with van der Waals surface area (Å²) in [5.41, 5.74) is 0.898. The van der Waals surface area contributed by atoms with Gasteiger partial charge >= 0.3 is 0 Å². The van der Waals surface area contributed by atoms with Crippen LogP contribution >= 0.6 is 11.6 Å². The molecule has 0 bridgehead atoms. The van der Waals surface area contributed by atoms with E-state index >= 15 is 0 Å². The van der Waals surface area contributed by atoms with E-state index in [1.54, 1.807) is 6.20 Å². The Morgan fingerprint density at radius 2 is 2.33 bits per heavy atom. The van der Waals surface area contributed by atoms with Crippen LogP contribution in [0, 0.1) is 0 Å². The monoisotopic (exact) mass is 225 g/mol. The third-order valence-electron chi connectivity index (χ3n) is 2.35. The van der Waals surface area contributed by atoms with Crippen LogP contribution in [0.25, 0.3) is 0 Å². The third-order valence-corrected chi connectivity index (χ3v) is 2.70. The highest BCUT2D eigenvalue weighted by atomic mass is 35.5. The normalized spacial score (nSPS) is 10.9. The van der Waals surface area contributed by atoms with Crippen LogP contribution < -0.4 is 0 Å². The first kappa shape index (κ1) is 10.3. The number of imidazole rings is 1. The molecule has 0 unspecified atom stereocenters. The van der Waals surface area contributed by atoms with Gasteiger partial charge < -0.3 is 14.2 Å². The molecule has 0 atom stereocenters. The maximum absolute atomic E-state index is 8.92. The van der Waals surface area contributed by atoms with E-state index in [4.69, 9.17) is 16.7 Å². The van der Waals surface area contributed by atoms with E-state index in [-0.39, 0.29) is 6.61 Å². The second kappa shape index (κ2) is 4.08. The molecule has 0 saturated heterocycles. The van der Waals surface area contributed by atoms with Crippen molar-refractivity contribution in [2.45, 2.75) is 13.2 Å². The number of rotatable bonds is 3. The van der Waals surface area contributed by atoms with E-state index in [2.05, 4.69) is 4.98 Å². The van der Waals surface area contributed by atoms with Crippen molar-refractivity contribution in [1.29, 1.82) is 0 Å². The van der Waals surface area contributed by atoms with Crippen LogP contribution in [0.5, 0.6) is 0 Å². The molecule has 2 heterocycles. The molecule has 4 nitrogen and oxygen atoms in total. The van der Waals surface area contributed by atoms with E-state index in [9.17, 15) is 0 Å². The highest BCUT2D eigenvalue weighted by molar-refractivity contribution is 6.29. The molecule has 15 heavy (non-hydrogen) atoms. The number of aliphatic hydroxyl groups excluding tert-OH is 1. The lowest BCUT2D eigenvalue weighted by atomic mass is 10.4. The van der Waals surface area contributed by atoms with Crippen molar-refractivity contribution in [3.05, 3.63) is 41.2 Å². The molecule has 0 spiro atoms. The van der Waals surface area contributed by atoms with Crippen molar-refractivity contribution in [3.8, 4) is 0 Å². The molecule has 0 saturated carbocycles. The average molecular weight is 226 g/mol. The summed E-state index contributed by atoms with van der Waals surface area (Å²) in [5, 5.41) is 9.55. The summed E-state index contributed by atoms with van der Waals surface area (Å²) in [6, 6.07) is 1.88. The number of aromatic nitrogens is 3. The highest BCUT2D eigenvalue weighted by Crippen LogP contribution is 2.11. The summed E-state index contributed by atoms with van der Waals surface area (Å²) < 4.78 is 3.80. The van der Waals surface area contributed by atoms with Gasteiger partial charge in [-0.1, -0.05) is 11.6 Å². The van der Waals surface area contributed by atoms with Gasteiger partial charge in [-0.3, -0.25) is 0 Å². The molecular weight excluding hydrogens is 214 g/mol. The molecule has 2 rings (SSSR count). The van der Waals surface area contributed by atoms with Gasteiger partial charge in [-0.25, -0.2) is 4.98 Å². The van der Waals surface area contributed by atoms with Crippen LogP contribution in [0.15, 0.2) is 24.7 Å². The van der Waals surface area contributed by atoms with Gasteiger partial charge in [0, 0.05) is 19.4 Å². The number of hydrogen-bond acceptors (Lipinski definition) is 2. The third kappa shape index (κ3) is 2.06. The molecule has 0 fully saturated rings. The van der Waals surface area contributed by atoms with Crippen LogP contribution in [0.2, 0.25) is 5.15 Å². The molecule has 0 radical (unpaired) electrons. The zero-order valence-electron chi connectivity index (χ0n) is 8.39.